The molecule has 0 radical (unpaired) electrons. The molecule has 0 rings (SSSR count). The lowest BCUT2D eigenvalue weighted by molar-refractivity contribution is 0.758. The van der Waals surface area contributed by atoms with Crippen LogP contribution in [0, 0.1) is 0 Å². The molecule has 0 saturated carbocycles. The molecule has 3 heteroatoms. The minimum absolute atomic E-state index is 0.986. The number of rotatable bonds is 8. The Hall–Kier alpha value is -0.120. The van der Waals surface area contributed by atoms with Crippen LogP contribution in [-0.2, 0) is 0 Å². The molecular weight excluding hydrogens is 210 g/mol. The average Bonchev–Trinajstić information content (AvgIpc) is 2.22. The van der Waals surface area contributed by atoms with E-state index in [0.29, 0.717) is 0 Å². The number of hydrogen-bond donors (Lipinski definition) is 1. The van der Waals surface area contributed by atoms with Gasteiger partial charge in [-0.3, -0.25) is 0 Å². The number of allylic oxidation sites excluding steroid dienone is 4. The first kappa shape index (κ1) is 13.9. The highest BCUT2D eigenvalue weighted by Gasteiger charge is 1.92. The van der Waals surface area contributed by atoms with E-state index < -0.39 is 0 Å². The molecule has 0 aliphatic carbocycles. The van der Waals surface area contributed by atoms with Gasteiger partial charge in [0.25, 0.3) is 0 Å². The number of nitrogens with one attached hydrogen (secondary N) is 1. The first-order valence-electron chi connectivity index (χ1n) is 4.80. The Morgan fingerprint density at radius 3 is 2.86 bits per heavy atom. The van der Waals surface area contributed by atoms with E-state index in [1.807, 2.05) is 35.9 Å². The molecule has 0 amide bonds. The quantitative estimate of drug-likeness (QED) is 0.293. The maximum Gasteiger partial charge on any atom is 0.0526 e. The molecule has 0 aromatic rings. The van der Waals surface area contributed by atoms with E-state index in [0.717, 1.165) is 12.4 Å². The Kier molecular flexibility index (Phi) is 10.9. The van der Waals surface area contributed by atoms with Crippen molar-refractivity contribution in [3.05, 3.63) is 35.8 Å². The zero-order chi connectivity index (χ0) is 10.6. The second-order valence-electron chi connectivity index (χ2n) is 2.64. The lowest BCUT2D eigenvalue weighted by Crippen LogP contribution is -2.12. The van der Waals surface area contributed by atoms with Crippen molar-refractivity contribution in [1.29, 1.82) is 0 Å². The van der Waals surface area contributed by atoms with Gasteiger partial charge in [-0.15, -0.1) is 0 Å². The fraction of sp³-hybridized carbons (Fsp3) is 0.455. The van der Waals surface area contributed by atoms with Crippen molar-refractivity contribution < 1.29 is 0 Å². The summed E-state index contributed by atoms with van der Waals surface area (Å²) in [5.41, 5.74) is 0. The Labute approximate surface area is 95.5 Å². The number of hydrogen-bond acceptors (Lipinski definition) is 3. The second-order valence-corrected chi connectivity index (χ2v) is 5.01. The lowest BCUT2D eigenvalue weighted by Gasteiger charge is -2.02. The summed E-state index contributed by atoms with van der Waals surface area (Å²) in [4.78, 5) is 1.20. The van der Waals surface area contributed by atoms with Gasteiger partial charge in [0.15, 0.2) is 0 Å². The van der Waals surface area contributed by atoms with Gasteiger partial charge in [-0.05, 0) is 26.0 Å². The van der Waals surface area contributed by atoms with Crippen molar-refractivity contribution in [2.24, 2.45) is 0 Å². The minimum atomic E-state index is 0.986. The fourth-order valence-corrected chi connectivity index (χ4v) is 2.54. The average molecular weight is 229 g/mol. The summed E-state index contributed by atoms with van der Waals surface area (Å²) in [6.45, 7) is 9.05. The van der Waals surface area contributed by atoms with Crippen molar-refractivity contribution in [3.63, 3.8) is 0 Å². The fourth-order valence-electron chi connectivity index (χ4n) is 0.709. The van der Waals surface area contributed by atoms with E-state index in [9.17, 15) is 0 Å². The third-order valence-corrected chi connectivity index (χ3v) is 3.62. The Morgan fingerprint density at radius 2 is 2.29 bits per heavy atom. The van der Waals surface area contributed by atoms with Gasteiger partial charge in [-0.1, -0.05) is 53.3 Å². The van der Waals surface area contributed by atoms with Gasteiger partial charge >= 0.3 is 0 Å². The summed E-state index contributed by atoms with van der Waals surface area (Å²) in [6.07, 6.45) is 9.20. The van der Waals surface area contributed by atoms with Gasteiger partial charge in [0, 0.05) is 4.91 Å². The van der Waals surface area contributed by atoms with Crippen LogP contribution in [0.5, 0.6) is 0 Å². The van der Waals surface area contributed by atoms with Gasteiger partial charge in [-0.2, -0.15) is 0 Å². The molecule has 0 aliphatic heterocycles. The molecule has 0 unspecified atom stereocenters. The molecule has 1 nitrogen and oxygen atoms in total. The summed E-state index contributed by atoms with van der Waals surface area (Å²) in [5, 5.41) is 3.33. The van der Waals surface area contributed by atoms with E-state index in [1.165, 1.54) is 11.3 Å². The van der Waals surface area contributed by atoms with Crippen LogP contribution < -0.4 is 5.32 Å². The summed E-state index contributed by atoms with van der Waals surface area (Å²) < 4.78 is 0. The molecule has 0 heterocycles. The van der Waals surface area contributed by atoms with Crippen molar-refractivity contribution in [2.45, 2.75) is 20.3 Å². The highest BCUT2D eigenvalue weighted by atomic mass is 33.1. The van der Waals surface area contributed by atoms with Crippen LogP contribution in [0.2, 0.25) is 0 Å². The summed E-state index contributed by atoms with van der Waals surface area (Å²) in [7, 11) is 3.57. The van der Waals surface area contributed by atoms with Gasteiger partial charge in [0.2, 0.25) is 0 Å². The van der Waals surface area contributed by atoms with Crippen LogP contribution >= 0.6 is 21.6 Å². The standard InChI is InChI=1S/C11H19NS2/c1-4-7-8-11(6-3)14-13-10-12-9-5-2/h4,6-8,12H,3,5,9-10H2,1-2H3/b7-4-,11-8+. The van der Waals surface area contributed by atoms with Crippen LogP contribution in [0.25, 0.3) is 0 Å². The molecule has 0 bridgehead atoms. The molecule has 0 saturated heterocycles. The van der Waals surface area contributed by atoms with Crippen LogP contribution in [0.15, 0.2) is 35.8 Å². The molecule has 0 fully saturated rings. The van der Waals surface area contributed by atoms with Crippen LogP contribution in [0.3, 0.4) is 0 Å². The van der Waals surface area contributed by atoms with Crippen molar-refractivity contribution in [1.82, 2.24) is 5.32 Å². The van der Waals surface area contributed by atoms with E-state index in [2.05, 4.69) is 24.9 Å². The maximum atomic E-state index is 3.77. The third kappa shape index (κ3) is 8.48. The SMILES string of the molecule is C=C/C(=C\C=C/C)SSCNCCC. The zero-order valence-electron chi connectivity index (χ0n) is 8.95. The third-order valence-electron chi connectivity index (χ3n) is 1.40. The van der Waals surface area contributed by atoms with E-state index in [4.69, 9.17) is 0 Å². The van der Waals surface area contributed by atoms with Crippen molar-refractivity contribution in [3.8, 4) is 0 Å². The van der Waals surface area contributed by atoms with E-state index in [-0.39, 0.29) is 0 Å². The maximum absolute atomic E-state index is 3.77. The molecule has 80 valence electrons. The molecule has 0 aromatic carbocycles. The monoisotopic (exact) mass is 229 g/mol. The molecule has 14 heavy (non-hydrogen) atoms. The van der Waals surface area contributed by atoms with Gasteiger partial charge in [-0.25, -0.2) is 0 Å². The Balaban J connectivity index is 3.58. The van der Waals surface area contributed by atoms with E-state index in [1.54, 1.807) is 10.8 Å². The molecule has 0 spiro atoms. The predicted octanol–water partition coefficient (Wildman–Crippen LogP) is 3.97. The highest BCUT2D eigenvalue weighted by Crippen LogP contribution is 2.29. The van der Waals surface area contributed by atoms with Gasteiger partial charge in [0.1, 0.15) is 0 Å². The van der Waals surface area contributed by atoms with Crippen molar-refractivity contribution >= 4 is 21.6 Å². The van der Waals surface area contributed by atoms with E-state index >= 15 is 0 Å². The Bertz CT molecular complexity index is 197. The first-order valence-corrected chi connectivity index (χ1v) is 7.12. The van der Waals surface area contributed by atoms with Gasteiger partial charge < -0.3 is 5.32 Å². The minimum Gasteiger partial charge on any atom is -0.307 e. The molecule has 1 N–H and O–H groups in total. The molecule has 0 aromatic heterocycles. The summed E-state index contributed by atoms with van der Waals surface area (Å²) in [5.74, 6) is 0.986. The zero-order valence-corrected chi connectivity index (χ0v) is 10.6. The molecule has 0 atom stereocenters. The molecular formula is C11H19NS2. The van der Waals surface area contributed by atoms with Crippen molar-refractivity contribution in [2.75, 3.05) is 12.4 Å². The normalized spacial score (nSPS) is 12.3. The summed E-state index contributed by atoms with van der Waals surface area (Å²) in [6, 6.07) is 0. The lowest BCUT2D eigenvalue weighted by atomic mass is 10.4. The molecule has 0 aliphatic rings. The largest absolute Gasteiger partial charge is 0.307 e. The van der Waals surface area contributed by atoms with Crippen LogP contribution in [0.4, 0.5) is 0 Å². The summed E-state index contributed by atoms with van der Waals surface area (Å²) >= 11 is 0. The highest BCUT2D eigenvalue weighted by molar-refractivity contribution is 8.78. The Morgan fingerprint density at radius 1 is 1.50 bits per heavy atom. The topological polar surface area (TPSA) is 12.0 Å². The van der Waals surface area contributed by atoms with Crippen LogP contribution in [0.1, 0.15) is 20.3 Å². The smallest absolute Gasteiger partial charge is 0.0526 e. The van der Waals surface area contributed by atoms with Gasteiger partial charge in [0.05, 0.1) is 5.88 Å². The second kappa shape index (κ2) is 11.0. The van der Waals surface area contributed by atoms with Crippen LogP contribution in [-0.4, -0.2) is 12.4 Å². The predicted molar refractivity (Wildman–Crippen MR) is 71.4 cm³/mol. The first-order chi connectivity index (χ1) is 6.85.